The zero-order valence-electron chi connectivity index (χ0n) is 16.2. The summed E-state index contributed by atoms with van der Waals surface area (Å²) in [6.45, 7) is 4.68. The van der Waals surface area contributed by atoms with Crippen molar-refractivity contribution in [3.63, 3.8) is 0 Å². The molecular formula is C22H23N3O3. The summed E-state index contributed by atoms with van der Waals surface area (Å²) in [4.78, 5) is 16.8. The van der Waals surface area contributed by atoms with E-state index < -0.39 is 5.97 Å². The van der Waals surface area contributed by atoms with E-state index in [9.17, 15) is 4.79 Å². The molecule has 0 N–H and O–H groups in total. The van der Waals surface area contributed by atoms with Gasteiger partial charge < -0.3 is 9.15 Å². The number of aromatic nitrogens is 3. The Kier molecular flexibility index (Phi) is 3.89. The van der Waals surface area contributed by atoms with Crippen LogP contribution in [0.15, 0.2) is 35.0 Å². The van der Waals surface area contributed by atoms with Crippen LogP contribution in [0.25, 0.3) is 11.3 Å². The summed E-state index contributed by atoms with van der Waals surface area (Å²) in [6.07, 6.45) is 8.26. The summed E-state index contributed by atoms with van der Waals surface area (Å²) >= 11 is 0. The zero-order chi connectivity index (χ0) is 19.3. The van der Waals surface area contributed by atoms with Crippen molar-refractivity contribution in [3.05, 3.63) is 58.9 Å². The van der Waals surface area contributed by atoms with Crippen LogP contribution in [-0.2, 0) is 23.1 Å². The molecule has 0 saturated heterocycles. The SMILES string of the molecule is CCOC(=O)c1oc2c(c1C)-c1nn(Cc3ccccn3)cc1C1(CCC1)C2. The Labute approximate surface area is 163 Å². The van der Waals surface area contributed by atoms with E-state index in [0.717, 1.165) is 47.5 Å². The van der Waals surface area contributed by atoms with Crippen molar-refractivity contribution in [1.29, 1.82) is 0 Å². The molecule has 3 aromatic rings. The summed E-state index contributed by atoms with van der Waals surface area (Å²) in [5.41, 5.74) is 5.08. The maximum absolute atomic E-state index is 12.3. The van der Waals surface area contributed by atoms with Crippen LogP contribution in [0.1, 0.15) is 59.3 Å². The summed E-state index contributed by atoms with van der Waals surface area (Å²) in [5, 5.41) is 4.91. The molecule has 6 heteroatoms. The van der Waals surface area contributed by atoms with E-state index >= 15 is 0 Å². The Hall–Kier alpha value is -2.89. The van der Waals surface area contributed by atoms with Gasteiger partial charge in [-0.05, 0) is 38.8 Å². The van der Waals surface area contributed by atoms with E-state index in [1.54, 1.807) is 13.1 Å². The second kappa shape index (κ2) is 6.33. The number of hydrogen-bond donors (Lipinski definition) is 0. The average molecular weight is 377 g/mol. The lowest BCUT2D eigenvalue weighted by atomic mass is 9.59. The van der Waals surface area contributed by atoms with Crippen molar-refractivity contribution in [3.8, 4) is 11.3 Å². The number of carbonyl (C=O) groups is 1. The number of ether oxygens (including phenoxy) is 1. The van der Waals surface area contributed by atoms with Crippen LogP contribution in [0, 0.1) is 6.92 Å². The van der Waals surface area contributed by atoms with Crippen LogP contribution in [0.4, 0.5) is 0 Å². The lowest BCUT2D eigenvalue weighted by Crippen LogP contribution is -2.38. The number of carbonyl (C=O) groups excluding carboxylic acids is 1. The number of furan rings is 1. The highest BCUT2D eigenvalue weighted by Crippen LogP contribution is 2.54. The van der Waals surface area contributed by atoms with Crippen molar-refractivity contribution >= 4 is 5.97 Å². The maximum Gasteiger partial charge on any atom is 0.374 e. The minimum Gasteiger partial charge on any atom is -0.460 e. The number of nitrogens with zero attached hydrogens (tertiary/aromatic N) is 3. The highest BCUT2D eigenvalue weighted by molar-refractivity contribution is 5.92. The second-order valence-electron chi connectivity index (χ2n) is 7.80. The Morgan fingerprint density at radius 2 is 2.21 bits per heavy atom. The van der Waals surface area contributed by atoms with E-state index in [2.05, 4.69) is 11.2 Å². The van der Waals surface area contributed by atoms with E-state index in [1.165, 1.54) is 12.0 Å². The Balaban J connectivity index is 1.60. The lowest BCUT2D eigenvalue weighted by molar-refractivity contribution is 0.0485. The Morgan fingerprint density at radius 1 is 1.36 bits per heavy atom. The van der Waals surface area contributed by atoms with Crippen LogP contribution in [0.5, 0.6) is 0 Å². The standard InChI is InChI=1S/C22H23N3O3/c1-3-27-21(26)20-14(2)18-17(28-20)11-22(8-6-9-22)16-13-25(24-19(16)18)12-15-7-4-5-10-23-15/h4-5,7,10,13H,3,6,8-9,11-12H2,1-2H3. The molecule has 0 aromatic carbocycles. The first-order chi connectivity index (χ1) is 13.6. The summed E-state index contributed by atoms with van der Waals surface area (Å²) in [7, 11) is 0. The van der Waals surface area contributed by atoms with Gasteiger partial charge in [-0.1, -0.05) is 12.5 Å². The molecule has 28 heavy (non-hydrogen) atoms. The highest BCUT2D eigenvalue weighted by Gasteiger charge is 2.47. The number of pyridine rings is 1. The summed E-state index contributed by atoms with van der Waals surface area (Å²) < 4.78 is 13.2. The van der Waals surface area contributed by atoms with Gasteiger partial charge in [-0.3, -0.25) is 9.67 Å². The molecular weight excluding hydrogens is 354 g/mol. The topological polar surface area (TPSA) is 70.2 Å². The molecule has 2 aliphatic rings. The maximum atomic E-state index is 12.3. The summed E-state index contributed by atoms with van der Waals surface area (Å²) in [5.74, 6) is 0.788. The van der Waals surface area contributed by atoms with Gasteiger partial charge in [0.1, 0.15) is 5.76 Å². The van der Waals surface area contributed by atoms with Crippen LogP contribution in [0.2, 0.25) is 0 Å². The number of hydrogen-bond acceptors (Lipinski definition) is 5. The Morgan fingerprint density at radius 3 is 2.89 bits per heavy atom. The quantitative estimate of drug-likeness (QED) is 0.642. The first-order valence-corrected chi connectivity index (χ1v) is 9.89. The fourth-order valence-electron chi connectivity index (χ4n) is 4.58. The van der Waals surface area contributed by atoms with Crippen molar-refractivity contribution in [2.45, 2.75) is 51.5 Å². The van der Waals surface area contributed by atoms with Gasteiger partial charge in [0.05, 0.1) is 24.5 Å². The van der Waals surface area contributed by atoms with Crippen LogP contribution >= 0.6 is 0 Å². The normalized spacial score (nSPS) is 16.4. The number of esters is 1. The minimum absolute atomic E-state index is 0.0843. The molecule has 3 heterocycles. The van der Waals surface area contributed by atoms with Gasteiger partial charge in [0.15, 0.2) is 0 Å². The molecule has 2 aliphatic carbocycles. The first kappa shape index (κ1) is 17.2. The molecule has 0 amide bonds. The molecule has 0 radical (unpaired) electrons. The van der Waals surface area contributed by atoms with Gasteiger partial charge >= 0.3 is 5.97 Å². The Bertz CT molecular complexity index is 1040. The van der Waals surface area contributed by atoms with Crippen LogP contribution in [0.3, 0.4) is 0 Å². The molecule has 1 saturated carbocycles. The first-order valence-electron chi connectivity index (χ1n) is 9.89. The average Bonchev–Trinajstić information content (AvgIpc) is 3.21. The highest BCUT2D eigenvalue weighted by atomic mass is 16.5. The molecule has 1 spiro atoms. The van der Waals surface area contributed by atoms with Crippen LogP contribution < -0.4 is 0 Å². The van der Waals surface area contributed by atoms with Gasteiger partial charge in [0.25, 0.3) is 0 Å². The molecule has 5 rings (SSSR count). The van der Waals surface area contributed by atoms with E-state index in [1.807, 2.05) is 29.8 Å². The second-order valence-corrected chi connectivity index (χ2v) is 7.80. The smallest absolute Gasteiger partial charge is 0.374 e. The molecule has 144 valence electrons. The molecule has 0 aliphatic heterocycles. The van der Waals surface area contributed by atoms with Crippen molar-refractivity contribution in [2.75, 3.05) is 6.61 Å². The zero-order valence-corrected chi connectivity index (χ0v) is 16.2. The molecule has 0 atom stereocenters. The summed E-state index contributed by atoms with van der Waals surface area (Å²) in [6, 6.07) is 5.91. The fraction of sp³-hybridized carbons (Fsp3) is 0.409. The minimum atomic E-state index is -0.397. The third-order valence-electron chi connectivity index (χ3n) is 6.11. The van der Waals surface area contributed by atoms with E-state index in [0.29, 0.717) is 18.9 Å². The third-order valence-corrected chi connectivity index (χ3v) is 6.11. The monoisotopic (exact) mass is 377 g/mol. The van der Waals surface area contributed by atoms with Gasteiger partial charge in [0, 0.05) is 40.9 Å². The van der Waals surface area contributed by atoms with Crippen molar-refractivity contribution in [2.24, 2.45) is 0 Å². The molecule has 1 fully saturated rings. The molecule has 0 bridgehead atoms. The van der Waals surface area contributed by atoms with Gasteiger partial charge in [0.2, 0.25) is 5.76 Å². The predicted molar refractivity (Wildman–Crippen MR) is 103 cm³/mol. The number of fused-ring (bicyclic) bond motifs is 4. The van der Waals surface area contributed by atoms with E-state index in [-0.39, 0.29) is 5.41 Å². The van der Waals surface area contributed by atoms with Crippen molar-refractivity contribution in [1.82, 2.24) is 14.8 Å². The van der Waals surface area contributed by atoms with Gasteiger partial charge in [-0.2, -0.15) is 5.10 Å². The van der Waals surface area contributed by atoms with Crippen molar-refractivity contribution < 1.29 is 13.9 Å². The third kappa shape index (κ3) is 2.51. The molecule has 3 aromatic heterocycles. The fourth-order valence-corrected chi connectivity index (χ4v) is 4.58. The van der Waals surface area contributed by atoms with Crippen LogP contribution in [-0.4, -0.2) is 27.3 Å². The predicted octanol–water partition coefficient (Wildman–Crippen LogP) is 4.05. The van der Waals surface area contributed by atoms with Gasteiger partial charge in [-0.15, -0.1) is 0 Å². The van der Waals surface area contributed by atoms with Gasteiger partial charge in [-0.25, -0.2) is 4.79 Å². The largest absolute Gasteiger partial charge is 0.460 e. The molecule has 6 nitrogen and oxygen atoms in total. The molecule has 0 unspecified atom stereocenters. The lowest BCUT2D eigenvalue weighted by Gasteiger charge is -2.43. The van der Waals surface area contributed by atoms with E-state index in [4.69, 9.17) is 14.3 Å². The number of rotatable bonds is 4.